The maximum Gasteiger partial charge on any atom is 0.243 e. The van der Waals surface area contributed by atoms with Crippen LogP contribution in [0.4, 0.5) is 0 Å². The van der Waals surface area contributed by atoms with Gasteiger partial charge in [-0.2, -0.15) is 9.57 Å². The Morgan fingerprint density at radius 3 is 2.39 bits per heavy atom. The van der Waals surface area contributed by atoms with Crippen LogP contribution in [-0.4, -0.2) is 37.5 Å². The highest BCUT2D eigenvalue weighted by Crippen LogP contribution is 2.16. The van der Waals surface area contributed by atoms with Crippen molar-refractivity contribution in [3.63, 3.8) is 0 Å². The molecule has 6 heteroatoms. The lowest BCUT2D eigenvalue weighted by Gasteiger charge is -2.19. The van der Waals surface area contributed by atoms with Gasteiger partial charge in [0.15, 0.2) is 0 Å². The summed E-state index contributed by atoms with van der Waals surface area (Å²) in [7, 11) is -3.54. The maximum atomic E-state index is 12.2. The van der Waals surface area contributed by atoms with E-state index in [4.69, 9.17) is 10.4 Å². The average Bonchev–Trinajstić information content (AvgIpc) is 2.39. The second kappa shape index (κ2) is 6.50. The molecule has 0 atom stereocenters. The summed E-state index contributed by atoms with van der Waals surface area (Å²) < 4.78 is 25.8. The molecule has 0 spiro atoms. The fourth-order valence-corrected chi connectivity index (χ4v) is 3.03. The molecular weight excluding hydrogens is 252 g/mol. The van der Waals surface area contributed by atoms with Gasteiger partial charge in [0.1, 0.15) is 0 Å². The van der Waals surface area contributed by atoms with Gasteiger partial charge in [0, 0.05) is 19.7 Å². The lowest BCUT2D eigenvalue weighted by molar-refractivity contribution is 0.271. The van der Waals surface area contributed by atoms with E-state index >= 15 is 0 Å². The number of rotatable bonds is 6. The fourth-order valence-electron chi connectivity index (χ4n) is 1.55. The average molecular weight is 268 g/mol. The molecule has 5 nitrogen and oxygen atoms in total. The molecule has 98 valence electrons. The van der Waals surface area contributed by atoms with Crippen molar-refractivity contribution in [1.82, 2.24) is 4.31 Å². The molecule has 1 aromatic rings. The van der Waals surface area contributed by atoms with E-state index < -0.39 is 10.0 Å². The van der Waals surface area contributed by atoms with Crippen LogP contribution in [0, 0.1) is 11.3 Å². The summed E-state index contributed by atoms with van der Waals surface area (Å²) in [4.78, 5) is 0.168. The van der Waals surface area contributed by atoms with Crippen molar-refractivity contribution in [3.8, 4) is 6.07 Å². The molecule has 1 N–H and O–H groups in total. The van der Waals surface area contributed by atoms with E-state index in [2.05, 4.69) is 0 Å². The molecule has 0 amide bonds. The lowest BCUT2D eigenvalue weighted by Crippen LogP contribution is -2.32. The van der Waals surface area contributed by atoms with Crippen LogP contribution in [0.1, 0.15) is 18.9 Å². The first-order valence-electron chi connectivity index (χ1n) is 5.67. The Kier molecular flexibility index (Phi) is 5.28. The van der Waals surface area contributed by atoms with Crippen molar-refractivity contribution in [2.45, 2.75) is 18.2 Å². The van der Waals surface area contributed by atoms with Gasteiger partial charge in [0.25, 0.3) is 0 Å². The van der Waals surface area contributed by atoms with Crippen LogP contribution in [0.5, 0.6) is 0 Å². The minimum Gasteiger partial charge on any atom is -0.396 e. The molecule has 1 aromatic carbocycles. The third kappa shape index (κ3) is 3.29. The Morgan fingerprint density at radius 2 is 1.94 bits per heavy atom. The van der Waals surface area contributed by atoms with Crippen LogP contribution < -0.4 is 0 Å². The second-order valence-corrected chi connectivity index (χ2v) is 5.65. The molecule has 0 unspecified atom stereocenters. The van der Waals surface area contributed by atoms with Gasteiger partial charge in [-0.25, -0.2) is 8.42 Å². The number of hydrogen-bond acceptors (Lipinski definition) is 4. The molecule has 0 saturated carbocycles. The topological polar surface area (TPSA) is 81.4 Å². The van der Waals surface area contributed by atoms with Gasteiger partial charge in [-0.05, 0) is 30.7 Å². The zero-order valence-corrected chi connectivity index (χ0v) is 11.0. The number of aliphatic hydroxyl groups excluding tert-OH is 1. The van der Waals surface area contributed by atoms with Gasteiger partial charge >= 0.3 is 0 Å². The number of hydrogen-bond donors (Lipinski definition) is 1. The van der Waals surface area contributed by atoms with Gasteiger partial charge in [-0.15, -0.1) is 0 Å². The SMILES string of the molecule is CCN(CCCO)S(=O)(=O)c1ccc(C#N)cc1. The predicted octanol–water partition coefficient (Wildman–Crippen LogP) is 0.951. The molecule has 18 heavy (non-hydrogen) atoms. The number of nitriles is 1. The van der Waals surface area contributed by atoms with E-state index in [1.807, 2.05) is 6.07 Å². The summed E-state index contributed by atoms with van der Waals surface area (Å²) in [6, 6.07) is 7.75. The van der Waals surface area contributed by atoms with Crippen molar-refractivity contribution < 1.29 is 13.5 Å². The highest BCUT2D eigenvalue weighted by Gasteiger charge is 2.22. The Hall–Kier alpha value is -1.42. The standard InChI is InChI=1S/C12H16N2O3S/c1-2-14(8-3-9-15)18(16,17)12-6-4-11(10-13)5-7-12/h4-7,15H,2-3,8-9H2,1H3. The highest BCUT2D eigenvalue weighted by molar-refractivity contribution is 7.89. The first kappa shape index (κ1) is 14.6. The van der Waals surface area contributed by atoms with Crippen molar-refractivity contribution in [3.05, 3.63) is 29.8 Å². The van der Waals surface area contributed by atoms with Gasteiger partial charge < -0.3 is 5.11 Å². The molecule has 0 fully saturated rings. The first-order valence-corrected chi connectivity index (χ1v) is 7.11. The van der Waals surface area contributed by atoms with Crippen LogP contribution >= 0.6 is 0 Å². The molecule has 0 heterocycles. The summed E-state index contributed by atoms with van der Waals surface area (Å²) >= 11 is 0. The Labute approximate surface area is 107 Å². The zero-order chi connectivity index (χ0) is 13.6. The quantitative estimate of drug-likeness (QED) is 0.833. The van der Waals surface area contributed by atoms with Crippen LogP contribution in [0.3, 0.4) is 0 Å². The molecule has 0 aliphatic rings. The van der Waals surface area contributed by atoms with E-state index in [-0.39, 0.29) is 18.0 Å². The van der Waals surface area contributed by atoms with Crippen molar-refractivity contribution in [1.29, 1.82) is 5.26 Å². The van der Waals surface area contributed by atoms with Crippen molar-refractivity contribution >= 4 is 10.0 Å². The predicted molar refractivity (Wildman–Crippen MR) is 67.3 cm³/mol. The molecule has 0 aliphatic heterocycles. The molecule has 0 radical (unpaired) electrons. The summed E-state index contributed by atoms with van der Waals surface area (Å²) in [5, 5.41) is 17.4. The van der Waals surface area contributed by atoms with E-state index in [0.717, 1.165) is 0 Å². The maximum absolute atomic E-state index is 12.2. The minimum atomic E-state index is -3.54. The largest absolute Gasteiger partial charge is 0.396 e. The summed E-state index contributed by atoms with van der Waals surface area (Å²) in [6.07, 6.45) is 0.406. The molecule has 1 rings (SSSR count). The zero-order valence-electron chi connectivity index (χ0n) is 10.2. The minimum absolute atomic E-state index is 0.0423. The third-order valence-electron chi connectivity index (χ3n) is 2.54. The molecule has 0 bridgehead atoms. The van der Waals surface area contributed by atoms with Crippen LogP contribution in [0.15, 0.2) is 29.2 Å². The second-order valence-electron chi connectivity index (χ2n) is 3.71. The monoisotopic (exact) mass is 268 g/mol. The molecule has 0 aromatic heterocycles. The van der Waals surface area contributed by atoms with E-state index in [1.165, 1.54) is 28.6 Å². The number of nitrogens with zero attached hydrogens (tertiary/aromatic N) is 2. The Balaban J connectivity index is 2.99. The number of sulfonamides is 1. The van der Waals surface area contributed by atoms with Crippen molar-refractivity contribution in [2.75, 3.05) is 19.7 Å². The summed E-state index contributed by atoms with van der Waals surface area (Å²) in [6.45, 7) is 2.34. The van der Waals surface area contributed by atoms with Crippen LogP contribution in [-0.2, 0) is 10.0 Å². The third-order valence-corrected chi connectivity index (χ3v) is 4.53. The van der Waals surface area contributed by atoms with E-state index in [1.54, 1.807) is 6.92 Å². The van der Waals surface area contributed by atoms with Crippen LogP contribution in [0.25, 0.3) is 0 Å². The number of benzene rings is 1. The van der Waals surface area contributed by atoms with Crippen LogP contribution in [0.2, 0.25) is 0 Å². The Bertz CT molecular complexity index is 517. The van der Waals surface area contributed by atoms with Crippen molar-refractivity contribution in [2.24, 2.45) is 0 Å². The smallest absolute Gasteiger partial charge is 0.243 e. The van der Waals surface area contributed by atoms with Gasteiger partial charge in [-0.1, -0.05) is 6.92 Å². The normalized spacial score (nSPS) is 11.4. The van der Waals surface area contributed by atoms with E-state index in [9.17, 15) is 8.42 Å². The molecular formula is C12H16N2O3S. The molecule has 0 aliphatic carbocycles. The summed E-state index contributed by atoms with van der Waals surface area (Å²) in [5.74, 6) is 0. The molecule has 0 saturated heterocycles. The fraction of sp³-hybridized carbons (Fsp3) is 0.417. The highest BCUT2D eigenvalue weighted by atomic mass is 32.2. The van der Waals surface area contributed by atoms with Gasteiger partial charge in [0.05, 0.1) is 16.5 Å². The summed E-state index contributed by atoms with van der Waals surface area (Å²) in [5.41, 5.74) is 0.423. The Morgan fingerprint density at radius 1 is 1.33 bits per heavy atom. The van der Waals surface area contributed by atoms with Gasteiger partial charge in [-0.3, -0.25) is 0 Å². The van der Waals surface area contributed by atoms with Gasteiger partial charge in [0.2, 0.25) is 10.0 Å². The lowest BCUT2D eigenvalue weighted by atomic mass is 10.2. The first-order chi connectivity index (χ1) is 8.56. The van der Waals surface area contributed by atoms with E-state index in [0.29, 0.717) is 18.5 Å². The number of aliphatic hydroxyl groups is 1.